The number of hydrogen-bond donors (Lipinski definition) is 8. The third-order valence-electron chi connectivity index (χ3n) is 12.6. The van der Waals surface area contributed by atoms with Gasteiger partial charge in [-0.15, -0.1) is 0 Å². The van der Waals surface area contributed by atoms with E-state index in [0.29, 0.717) is 48.1 Å². The van der Waals surface area contributed by atoms with Crippen molar-refractivity contribution in [2.45, 2.75) is 86.4 Å². The number of quaternary nitrogens is 1. The molecule has 1 spiro atoms. The quantitative estimate of drug-likeness (QED) is 0.104. The lowest BCUT2D eigenvalue weighted by atomic mass is 9.78. The highest BCUT2D eigenvalue weighted by atomic mass is 16.7. The molecule has 1 amide bonds. The minimum absolute atomic E-state index is 0.0176. The van der Waals surface area contributed by atoms with E-state index >= 15 is 0 Å². The van der Waals surface area contributed by atoms with Crippen LogP contribution in [-0.4, -0.2) is 129 Å². The summed E-state index contributed by atoms with van der Waals surface area (Å²) in [5.41, 5.74) is -2.69. The molecule has 9 rings (SSSR count). The number of nitrogens with zero attached hydrogens (tertiary/aromatic N) is 2. The number of nitrogens with one attached hydrogen (secondary N) is 3. The number of para-hydroxylation sites is 1. The number of allylic oxidation sites excluding steroid dienone is 1. The van der Waals surface area contributed by atoms with Crippen LogP contribution in [-0.2, 0) is 19.1 Å². The van der Waals surface area contributed by atoms with Gasteiger partial charge in [0.25, 0.3) is 11.7 Å². The minimum Gasteiger partial charge on any atom is -0.492 e. The van der Waals surface area contributed by atoms with Crippen LogP contribution in [0.15, 0.2) is 76.9 Å². The molecule has 6 aliphatic rings. The molecule has 8 N–H and O–H groups in total. The van der Waals surface area contributed by atoms with Gasteiger partial charge in [-0.05, 0) is 43.9 Å². The summed E-state index contributed by atoms with van der Waals surface area (Å²) in [6.45, 7) is -1.24. The van der Waals surface area contributed by atoms with Gasteiger partial charge in [0.15, 0.2) is 35.3 Å². The van der Waals surface area contributed by atoms with Crippen molar-refractivity contribution in [2.24, 2.45) is 9.98 Å². The molecular weight excluding hydrogens is 807 g/mol. The molecule has 2 bridgehead atoms. The Morgan fingerprint density at radius 2 is 1.74 bits per heavy atom. The maximum absolute atomic E-state index is 14.6. The third-order valence-corrected chi connectivity index (χ3v) is 12.6. The first-order chi connectivity index (χ1) is 29.9. The van der Waals surface area contributed by atoms with Gasteiger partial charge in [0.1, 0.15) is 42.5 Å². The molecule has 18 heteroatoms. The van der Waals surface area contributed by atoms with Gasteiger partial charge in [-0.25, -0.2) is 9.89 Å². The van der Waals surface area contributed by atoms with E-state index in [9.17, 15) is 44.7 Å². The van der Waals surface area contributed by atoms with E-state index in [-0.39, 0.29) is 69.9 Å². The van der Waals surface area contributed by atoms with Crippen molar-refractivity contribution < 1.29 is 68.6 Å². The molecule has 2 fully saturated rings. The number of aldehydes is 1. The minimum atomic E-state index is -2.50. The van der Waals surface area contributed by atoms with E-state index in [1.807, 2.05) is 0 Å². The number of aliphatic hydroxyl groups is 5. The second-order valence-electron chi connectivity index (χ2n) is 16.2. The van der Waals surface area contributed by atoms with Gasteiger partial charge in [-0.2, -0.15) is 4.99 Å². The average molecular weight is 851 g/mol. The fraction of sp³-hybridized carbons (Fsp3) is 0.386. The molecule has 0 radical (unpaired) electrons. The van der Waals surface area contributed by atoms with E-state index in [1.165, 1.54) is 24.5 Å². The molecule has 0 aromatic heterocycles. The fourth-order valence-corrected chi connectivity index (χ4v) is 9.51. The van der Waals surface area contributed by atoms with Gasteiger partial charge in [0.05, 0.1) is 17.9 Å². The molecule has 4 aliphatic heterocycles. The first-order valence-corrected chi connectivity index (χ1v) is 20.4. The van der Waals surface area contributed by atoms with Gasteiger partial charge in [-0.3, -0.25) is 25.1 Å². The standard InChI is InChI=1S/C44H43N5O13/c45-42-47-39-31(40(57)48-42)46-21-49(39)29-10-4-3-7-24(29)23-12-18-60-43(13-5-6-14-43)38-34(55)37(56)44(58,15-17-51)41(62-38)61-35-27(23)19-28-30(36(35)59-20-22(52)11-16-50)33(54)26-9-2-1-8-25(26)32(28)53/h1-4,7-10,12,16,18-19,22-23,34,37-38,41,51-52,55-56,58H,5-6,11,13-15,17,20-21H2,(H2,45,48,57)/p+1/b18-12-/t22-,23+,34-,37-,38-,41+,44+/m1/s1. The smallest absolute Gasteiger partial charge is 0.284 e. The van der Waals surface area contributed by atoms with Gasteiger partial charge in [0.2, 0.25) is 18.0 Å². The van der Waals surface area contributed by atoms with Crippen LogP contribution in [0.25, 0.3) is 0 Å². The molecule has 1 unspecified atom stereocenters. The number of carbonyl (C=O) groups is 4. The van der Waals surface area contributed by atoms with Gasteiger partial charge < -0.3 is 49.3 Å². The monoisotopic (exact) mass is 850 g/mol. The van der Waals surface area contributed by atoms with Gasteiger partial charge >= 0.3 is 0 Å². The summed E-state index contributed by atoms with van der Waals surface area (Å²) in [6, 6.07) is 14.8. The van der Waals surface area contributed by atoms with E-state index in [1.54, 1.807) is 42.5 Å². The highest BCUT2D eigenvalue weighted by Gasteiger charge is 2.62. The lowest BCUT2D eigenvalue weighted by Gasteiger charge is -2.51. The number of aliphatic imine (C=N–C) groups is 2. The number of carbonyl (C=O) groups excluding carboxylic acids is 4. The second-order valence-corrected chi connectivity index (χ2v) is 16.2. The van der Waals surface area contributed by atoms with Crippen LogP contribution in [0, 0.1) is 5.41 Å². The van der Waals surface area contributed by atoms with Crippen LogP contribution in [0.2, 0.25) is 0 Å². The van der Waals surface area contributed by atoms with E-state index < -0.39 is 84.9 Å². The van der Waals surface area contributed by atoms with Crippen molar-refractivity contribution in [1.29, 1.82) is 5.41 Å². The number of amides is 1. The van der Waals surface area contributed by atoms with Crippen LogP contribution in [0.3, 0.4) is 0 Å². The van der Waals surface area contributed by atoms with Gasteiger partial charge in [-0.1, -0.05) is 42.5 Å². The molecule has 4 heterocycles. The van der Waals surface area contributed by atoms with Crippen molar-refractivity contribution in [1.82, 2.24) is 5.32 Å². The van der Waals surface area contributed by atoms with Crippen molar-refractivity contribution in [3.05, 3.63) is 100 Å². The molecule has 1 saturated carbocycles. The molecule has 18 nitrogen and oxygen atoms in total. The number of guanidine groups is 1. The summed E-state index contributed by atoms with van der Waals surface area (Å²) in [5.74, 6) is -3.59. The zero-order valence-electron chi connectivity index (χ0n) is 33.2. The number of rotatable bonds is 9. The molecule has 1 saturated heterocycles. The zero-order valence-corrected chi connectivity index (χ0v) is 33.2. The Morgan fingerprint density at radius 3 is 2.48 bits per heavy atom. The average Bonchev–Trinajstić information content (AvgIpc) is 3.92. The largest absolute Gasteiger partial charge is 0.492 e. The second kappa shape index (κ2) is 16.0. The maximum Gasteiger partial charge on any atom is 0.284 e. The van der Waals surface area contributed by atoms with E-state index in [0.717, 1.165) is 0 Å². The summed E-state index contributed by atoms with van der Waals surface area (Å²) < 4.78 is 26.2. The summed E-state index contributed by atoms with van der Waals surface area (Å²) in [6.07, 6.45) is -3.49. The van der Waals surface area contributed by atoms with Crippen LogP contribution in [0.4, 0.5) is 5.69 Å². The van der Waals surface area contributed by atoms with Crippen LogP contribution in [0.5, 0.6) is 11.5 Å². The Bertz CT molecular complexity index is 2480. The molecular formula is C44H44N5O13+. The predicted molar refractivity (Wildman–Crippen MR) is 216 cm³/mol. The lowest BCUT2D eigenvalue weighted by Crippen LogP contribution is -3.09. The van der Waals surface area contributed by atoms with Crippen LogP contribution >= 0.6 is 0 Å². The number of fused-ring (bicyclic) bond motifs is 7. The summed E-state index contributed by atoms with van der Waals surface area (Å²) in [5, 5.41) is 67.4. The van der Waals surface area contributed by atoms with E-state index in [2.05, 4.69) is 15.3 Å². The van der Waals surface area contributed by atoms with Crippen molar-refractivity contribution in [2.75, 3.05) is 19.9 Å². The summed E-state index contributed by atoms with van der Waals surface area (Å²) in [4.78, 5) is 62.9. The zero-order chi connectivity index (χ0) is 43.5. The first-order valence-electron chi connectivity index (χ1n) is 20.4. The van der Waals surface area contributed by atoms with Crippen molar-refractivity contribution in [3.8, 4) is 11.5 Å². The number of hydrogen-bond acceptors (Lipinski definition) is 15. The molecule has 2 aliphatic carbocycles. The molecule has 3 aromatic carbocycles. The van der Waals surface area contributed by atoms with Crippen LogP contribution < -0.4 is 19.7 Å². The first kappa shape index (κ1) is 41.4. The maximum atomic E-state index is 14.6. The molecule has 62 heavy (non-hydrogen) atoms. The summed E-state index contributed by atoms with van der Waals surface area (Å²) in [7, 11) is 0. The topological polar surface area (TPSA) is 271 Å². The Balaban J connectivity index is 1.33. The van der Waals surface area contributed by atoms with Gasteiger partial charge in [0, 0.05) is 53.2 Å². The van der Waals surface area contributed by atoms with Crippen molar-refractivity contribution >= 4 is 47.0 Å². The molecule has 3 aromatic rings. The Labute approximate surface area is 353 Å². The fourth-order valence-electron chi connectivity index (χ4n) is 9.51. The molecule has 322 valence electrons. The highest BCUT2D eigenvalue weighted by molar-refractivity contribution is 6.68. The highest BCUT2D eigenvalue weighted by Crippen LogP contribution is 2.51. The SMILES string of the molecule is N=C1N=C2C(=NC[NH+]2c2ccccc2[C@@H]2/C=C\OC3(CCCC3)[C@@H]3O[C@H](Oc4c2cc2c(c4OC[C@H](O)CC=O)C(=O)c4ccccc4C2=O)[C@](O)(CCO)[C@H](O)[C@H]3O)C(=O)N1. The Kier molecular flexibility index (Phi) is 10.7. The predicted octanol–water partition coefficient (Wildman–Crippen LogP) is 0.110. The number of aliphatic hydroxyl groups excluding tert-OH is 4. The van der Waals surface area contributed by atoms with Crippen LogP contribution in [0.1, 0.15) is 87.4 Å². The number of ether oxygens (including phenoxy) is 4. The number of benzene rings is 3. The van der Waals surface area contributed by atoms with E-state index in [4.69, 9.17) is 24.4 Å². The Morgan fingerprint density at radius 1 is 1.02 bits per heavy atom. The molecule has 8 atom stereocenters. The van der Waals surface area contributed by atoms with Crippen molar-refractivity contribution in [3.63, 3.8) is 0 Å². The number of ketones is 2. The third kappa shape index (κ3) is 6.66. The number of amidine groups is 1. The summed E-state index contributed by atoms with van der Waals surface area (Å²) >= 11 is 0. The normalized spacial score (nSPS) is 29.3. The Hall–Kier alpha value is -5.99. The lowest BCUT2D eigenvalue weighted by molar-refractivity contribution is -0.723.